The van der Waals surface area contributed by atoms with Crippen LogP contribution in [0, 0.1) is 12.7 Å². The van der Waals surface area contributed by atoms with Gasteiger partial charge in [-0.05, 0) is 43.2 Å². The van der Waals surface area contributed by atoms with Crippen molar-refractivity contribution in [2.45, 2.75) is 26.4 Å². The Kier molecular flexibility index (Phi) is 5.57. The summed E-state index contributed by atoms with van der Waals surface area (Å²) in [6.07, 6.45) is -0.383. The van der Waals surface area contributed by atoms with Gasteiger partial charge >= 0.3 is 0 Å². The first-order valence-corrected chi connectivity index (χ1v) is 7.41. The zero-order valence-corrected chi connectivity index (χ0v) is 13.4. The summed E-state index contributed by atoms with van der Waals surface area (Å²) in [6, 6.07) is 11.5. The maximum atomic E-state index is 13.7. The smallest absolute Gasteiger partial charge is 0.265 e. The van der Waals surface area contributed by atoms with Gasteiger partial charge in [-0.3, -0.25) is 4.79 Å². The minimum Gasteiger partial charge on any atom is -0.495 e. The van der Waals surface area contributed by atoms with Crippen LogP contribution < -0.4 is 14.8 Å². The number of methoxy groups -OCH3 is 1. The standard InChI is InChI=1S/C18H20FNO3/c1-4-15(23-16-8-6-5-7-13(16)19)18(21)20-14-11-12(2)9-10-17(14)22-3/h5-11,15H,4H2,1-3H3,(H,20,21)/t15-/m0/s1. The number of amides is 1. The van der Waals surface area contributed by atoms with E-state index < -0.39 is 11.9 Å². The summed E-state index contributed by atoms with van der Waals surface area (Å²) < 4.78 is 24.4. The van der Waals surface area contributed by atoms with E-state index in [0.29, 0.717) is 17.9 Å². The Labute approximate surface area is 135 Å². The van der Waals surface area contributed by atoms with Crippen molar-refractivity contribution in [3.05, 3.63) is 53.8 Å². The molecular weight excluding hydrogens is 297 g/mol. The minimum absolute atomic E-state index is 0.0608. The van der Waals surface area contributed by atoms with Crippen LogP contribution in [0.25, 0.3) is 0 Å². The predicted molar refractivity (Wildman–Crippen MR) is 87.5 cm³/mol. The topological polar surface area (TPSA) is 47.6 Å². The number of nitrogens with one attached hydrogen (secondary N) is 1. The predicted octanol–water partition coefficient (Wildman–Crippen LogP) is 3.94. The molecule has 1 amide bonds. The molecule has 1 atom stereocenters. The number of halogens is 1. The van der Waals surface area contributed by atoms with Crippen molar-refractivity contribution in [2.75, 3.05) is 12.4 Å². The van der Waals surface area contributed by atoms with Crippen LogP contribution in [0.2, 0.25) is 0 Å². The van der Waals surface area contributed by atoms with Gasteiger partial charge in [0.15, 0.2) is 17.7 Å². The van der Waals surface area contributed by atoms with Crippen molar-refractivity contribution in [2.24, 2.45) is 0 Å². The molecule has 0 spiro atoms. The number of benzene rings is 2. The van der Waals surface area contributed by atoms with Gasteiger partial charge in [-0.15, -0.1) is 0 Å². The molecule has 5 heteroatoms. The lowest BCUT2D eigenvalue weighted by Crippen LogP contribution is -2.32. The molecule has 0 saturated carbocycles. The summed E-state index contributed by atoms with van der Waals surface area (Å²) in [5, 5.41) is 2.78. The average Bonchev–Trinajstić information content (AvgIpc) is 2.54. The van der Waals surface area contributed by atoms with Crippen molar-refractivity contribution in [3.63, 3.8) is 0 Å². The van der Waals surface area contributed by atoms with Crippen molar-refractivity contribution in [1.82, 2.24) is 0 Å². The molecule has 122 valence electrons. The number of para-hydroxylation sites is 1. The highest BCUT2D eigenvalue weighted by molar-refractivity contribution is 5.95. The molecule has 0 heterocycles. The highest BCUT2D eigenvalue weighted by atomic mass is 19.1. The van der Waals surface area contributed by atoms with E-state index in [2.05, 4.69) is 5.32 Å². The molecule has 2 aromatic carbocycles. The van der Waals surface area contributed by atoms with Gasteiger partial charge in [0.2, 0.25) is 0 Å². The number of carbonyl (C=O) groups is 1. The van der Waals surface area contributed by atoms with E-state index in [1.807, 2.05) is 19.1 Å². The summed E-state index contributed by atoms with van der Waals surface area (Å²) >= 11 is 0. The van der Waals surface area contributed by atoms with Gasteiger partial charge in [-0.1, -0.05) is 25.1 Å². The van der Waals surface area contributed by atoms with Gasteiger partial charge in [-0.25, -0.2) is 4.39 Å². The number of rotatable bonds is 6. The van der Waals surface area contributed by atoms with Gasteiger partial charge < -0.3 is 14.8 Å². The second-order valence-electron chi connectivity index (χ2n) is 5.14. The third-order valence-electron chi connectivity index (χ3n) is 3.38. The van der Waals surface area contributed by atoms with Crippen molar-refractivity contribution >= 4 is 11.6 Å². The number of hydrogen-bond donors (Lipinski definition) is 1. The lowest BCUT2D eigenvalue weighted by molar-refractivity contribution is -0.122. The molecule has 0 radical (unpaired) electrons. The highest BCUT2D eigenvalue weighted by Crippen LogP contribution is 2.26. The Morgan fingerprint density at radius 2 is 1.96 bits per heavy atom. The Hall–Kier alpha value is -2.56. The fourth-order valence-corrected chi connectivity index (χ4v) is 2.15. The second kappa shape index (κ2) is 7.63. The van der Waals surface area contributed by atoms with E-state index in [-0.39, 0.29) is 11.7 Å². The third-order valence-corrected chi connectivity index (χ3v) is 3.38. The summed E-state index contributed by atoms with van der Waals surface area (Å²) in [5.74, 6) is -0.220. The van der Waals surface area contributed by atoms with Crippen LogP contribution in [0.1, 0.15) is 18.9 Å². The molecule has 0 unspecified atom stereocenters. The Balaban J connectivity index is 2.15. The summed E-state index contributed by atoms with van der Waals surface area (Å²) in [7, 11) is 1.54. The van der Waals surface area contributed by atoms with Crippen molar-refractivity contribution in [1.29, 1.82) is 0 Å². The van der Waals surface area contributed by atoms with Crippen LogP contribution in [0.5, 0.6) is 11.5 Å². The molecule has 0 aliphatic heterocycles. The van der Waals surface area contributed by atoms with Gasteiger partial charge in [0.05, 0.1) is 12.8 Å². The molecule has 2 aromatic rings. The molecule has 0 fully saturated rings. The van der Waals surface area contributed by atoms with Gasteiger partial charge in [-0.2, -0.15) is 0 Å². The normalized spacial score (nSPS) is 11.7. The number of ether oxygens (including phenoxy) is 2. The zero-order valence-electron chi connectivity index (χ0n) is 13.4. The fraction of sp³-hybridized carbons (Fsp3) is 0.278. The van der Waals surface area contributed by atoms with E-state index in [1.54, 1.807) is 25.1 Å². The van der Waals surface area contributed by atoms with Crippen LogP contribution in [0.4, 0.5) is 10.1 Å². The van der Waals surface area contributed by atoms with E-state index >= 15 is 0 Å². The first-order chi connectivity index (χ1) is 11.0. The summed E-state index contributed by atoms with van der Waals surface area (Å²) in [6.45, 7) is 3.72. The first-order valence-electron chi connectivity index (χ1n) is 7.41. The molecule has 0 saturated heterocycles. The van der Waals surface area contributed by atoms with Gasteiger partial charge in [0, 0.05) is 0 Å². The van der Waals surface area contributed by atoms with Crippen LogP contribution in [-0.2, 0) is 4.79 Å². The SMILES string of the molecule is CC[C@H](Oc1ccccc1F)C(=O)Nc1cc(C)ccc1OC. The summed E-state index contributed by atoms with van der Waals surface area (Å²) in [4.78, 5) is 12.4. The van der Waals surface area contributed by atoms with Crippen LogP contribution in [0.3, 0.4) is 0 Å². The largest absolute Gasteiger partial charge is 0.495 e. The van der Waals surface area contributed by atoms with E-state index in [0.717, 1.165) is 5.56 Å². The van der Waals surface area contributed by atoms with E-state index in [9.17, 15) is 9.18 Å². The van der Waals surface area contributed by atoms with Crippen LogP contribution in [0.15, 0.2) is 42.5 Å². The monoisotopic (exact) mass is 317 g/mol. The molecular formula is C18H20FNO3. The quantitative estimate of drug-likeness (QED) is 0.878. The minimum atomic E-state index is -0.794. The Morgan fingerprint density at radius 3 is 2.61 bits per heavy atom. The maximum Gasteiger partial charge on any atom is 0.265 e. The molecule has 0 aliphatic carbocycles. The Morgan fingerprint density at radius 1 is 1.22 bits per heavy atom. The lowest BCUT2D eigenvalue weighted by atomic mass is 10.2. The van der Waals surface area contributed by atoms with E-state index in [4.69, 9.17) is 9.47 Å². The summed E-state index contributed by atoms with van der Waals surface area (Å²) in [5.41, 5.74) is 1.55. The van der Waals surface area contributed by atoms with Crippen molar-refractivity contribution in [3.8, 4) is 11.5 Å². The Bertz CT molecular complexity index is 688. The van der Waals surface area contributed by atoms with Crippen molar-refractivity contribution < 1.29 is 18.7 Å². The molecule has 4 nitrogen and oxygen atoms in total. The second-order valence-corrected chi connectivity index (χ2v) is 5.14. The van der Waals surface area contributed by atoms with Crippen LogP contribution in [-0.4, -0.2) is 19.1 Å². The maximum absolute atomic E-state index is 13.7. The molecule has 0 bridgehead atoms. The first kappa shape index (κ1) is 16.8. The van der Waals surface area contributed by atoms with Gasteiger partial charge in [0.25, 0.3) is 5.91 Å². The average molecular weight is 317 g/mol. The number of anilines is 1. The number of hydrogen-bond acceptors (Lipinski definition) is 3. The molecule has 23 heavy (non-hydrogen) atoms. The van der Waals surface area contributed by atoms with E-state index in [1.165, 1.54) is 19.2 Å². The zero-order chi connectivity index (χ0) is 16.8. The molecule has 2 rings (SSSR count). The lowest BCUT2D eigenvalue weighted by Gasteiger charge is -2.18. The number of carbonyl (C=O) groups excluding carboxylic acids is 1. The fourth-order valence-electron chi connectivity index (χ4n) is 2.15. The highest BCUT2D eigenvalue weighted by Gasteiger charge is 2.21. The molecule has 0 aliphatic rings. The number of aryl methyl sites for hydroxylation is 1. The molecule has 1 N–H and O–H groups in total. The molecule has 0 aromatic heterocycles. The van der Waals surface area contributed by atoms with Gasteiger partial charge in [0.1, 0.15) is 5.75 Å². The van der Waals surface area contributed by atoms with Crippen LogP contribution >= 0.6 is 0 Å². The third kappa shape index (κ3) is 4.22.